The lowest BCUT2D eigenvalue weighted by Crippen LogP contribution is -1.95. The number of rotatable bonds is 4. The van der Waals surface area contributed by atoms with Gasteiger partial charge in [0.25, 0.3) is 0 Å². The van der Waals surface area contributed by atoms with Crippen LogP contribution in [0.2, 0.25) is 0 Å². The fourth-order valence-corrected chi connectivity index (χ4v) is 1.42. The van der Waals surface area contributed by atoms with Crippen molar-refractivity contribution in [1.29, 1.82) is 0 Å². The Morgan fingerprint density at radius 3 is 3.00 bits per heavy atom. The maximum atomic E-state index is 5.54. The SMILES string of the molecule is CCCOc1c[c]cc(C2CC2)c1. The maximum absolute atomic E-state index is 5.54. The van der Waals surface area contributed by atoms with Crippen LogP contribution < -0.4 is 4.74 Å². The minimum Gasteiger partial charge on any atom is -0.494 e. The van der Waals surface area contributed by atoms with Crippen LogP contribution in [0.4, 0.5) is 0 Å². The molecule has 0 unspecified atom stereocenters. The first-order valence-electron chi connectivity index (χ1n) is 5.04. The summed E-state index contributed by atoms with van der Waals surface area (Å²) in [7, 11) is 0. The minimum atomic E-state index is 0.793. The molecule has 0 spiro atoms. The fourth-order valence-electron chi connectivity index (χ4n) is 1.42. The third-order valence-corrected chi connectivity index (χ3v) is 2.31. The zero-order valence-electron chi connectivity index (χ0n) is 8.05. The molecule has 13 heavy (non-hydrogen) atoms. The number of benzene rings is 1. The van der Waals surface area contributed by atoms with Gasteiger partial charge in [-0.2, -0.15) is 0 Å². The van der Waals surface area contributed by atoms with Gasteiger partial charge in [-0.05, 0) is 48.9 Å². The van der Waals surface area contributed by atoms with E-state index in [1.807, 2.05) is 6.07 Å². The van der Waals surface area contributed by atoms with Crippen molar-refractivity contribution in [2.75, 3.05) is 6.61 Å². The topological polar surface area (TPSA) is 9.23 Å². The lowest BCUT2D eigenvalue weighted by Gasteiger charge is -2.05. The monoisotopic (exact) mass is 175 g/mol. The Labute approximate surface area is 79.7 Å². The van der Waals surface area contributed by atoms with E-state index >= 15 is 0 Å². The summed E-state index contributed by atoms with van der Waals surface area (Å²) in [5.74, 6) is 1.77. The van der Waals surface area contributed by atoms with E-state index in [0.717, 1.165) is 24.7 Å². The molecule has 0 amide bonds. The molecule has 2 rings (SSSR count). The Balaban J connectivity index is 2.03. The van der Waals surface area contributed by atoms with Gasteiger partial charge in [0.05, 0.1) is 6.61 Å². The third kappa shape index (κ3) is 2.24. The smallest absolute Gasteiger partial charge is 0.120 e. The van der Waals surface area contributed by atoms with Crippen LogP contribution in [0.25, 0.3) is 0 Å². The van der Waals surface area contributed by atoms with E-state index in [2.05, 4.69) is 25.1 Å². The molecule has 1 saturated carbocycles. The van der Waals surface area contributed by atoms with Crippen LogP contribution in [0.5, 0.6) is 5.75 Å². The van der Waals surface area contributed by atoms with E-state index in [-0.39, 0.29) is 0 Å². The summed E-state index contributed by atoms with van der Waals surface area (Å²) in [5.41, 5.74) is 1.40. The predicted molar refractivity (Wildman–Crippen MR) is 53.0 cm³/mol. The molecule has 1 aromatic rings. The highest BCUT2D eigenvalue weighted by molar-refractivity contribution is 5.32. The highest BCUT2D eigenvalue weighted by Gasteiger charge is 2.23. The fraction of sp³-hybridized carbons (Fsp3) is 0.500. The molecule has 1 aromatic carbocycles. The molecule has 69 valence electrons. The summed E-state index contributed by atoms with van der Waals surface area (Å²) >= 11 is 0. The van der Waals surface area contributed by atoms with Crippen LogP contribution in [0, 0.1) is 6.07 Å². The number of ether oxygens (including phenoxy) is 1. The van der Waals surface area contributed by atoms with Crippen molar-refractivity contribution in [3.8, 4) is 5.75 Å². The molecule has 1 radical (unpaired) electrons. The van der Waals surface area contributed by atoms with Gasteiger partial charge in [0, 0.05) is 0 Å². The Kier molecular flexibility index (Phi) is 2.53. The number of hydrogen-bond acceptors (Lipinski definition) is 1. The molecule has 0 aliphatic heterocycles. The standard InChI is InChI=1S/C12H15O/c1-2-8-13-12-5-3-4-11(9-12)10-6-7-10/h4-5,9-10H,2,6-8H2,1H3. The Morgan fingerprint density at radius 1 is 1.46 bits per heavy atom. The Hall–Kier alpha value is -0.980. The molecule has 0 saturated heterocycles. The predicted octanol–water partition coefficient (Wildman–Crippen LogP) is 3.15. The second kappa shape index (κ2) is 3.82. The summed E-state index contributed by atoms with van der Waals surface area (Å²) in [4.78, 5) is 0. The minimum absolute atomic E-state index is 0.793. The highest BCUT2D eigenvalue weighted by Crippen LogP contribution is 2.40. The number of hydrogen-bond donors (Lipinski definition) is 0. The zero-order chi connectivity index (χ0) is 9.10. The average Bonchev–Trinajstić information content (AvgIpc) is 2.98. The first-order chi connectivity index (χ1) is 6.40. The maximum Gasteiger partial charge on any atom is 0.120 e. The van der Waals surface area contributed by atoms with E-state index in [0.29, 0.717) is 0 Å². The van der Waals surface area contributed by atoms with Crippen molar-refractivity contribution in [2.45, 2.75) is 32.1 Å². The molecule has 1 nitrogen and oxygen atoms in total. The quantitative estimate of drug-likeness (QED) is 0.683. The molecular weight excluding hydrogens is 160 g/mol. The molecule has 1 fully saturated rings. The van der Waals surface area contributed by atoms with E-state index in [4.69, 9.17) is 4.74 Å². The molecular formula is C12H15O. The van der Waals surface area contributed by atoms with Crippen molar-refractivity contribution in [2.24, 2.45) is 0 Å². The first kappa shape index (κ1) is 8.61. The van der Waals surface area contributed by atoms with Crippen LogP contribution in [0.1, 0.15) is 37.7 Å². The van der Waals surface area contributed by atoms with E-state index in [1.54, 1.807) is 0 Å². The van der Waals surface area contributed by atoms with Gasteiger partial charge in [-0.3, -0.25) is 0 Å². The van der Waals surface area contributed by atoms with Crippen molar-refractivity contribution in [3.05, 3.63) is 29.8 Å². The van der Waals surface area contributed by atoms with Crippen LogP contribution >= 0.6 is 0 Å². The van der Waals surface area contributed by atoms with E-state index < -0.39 is 0 Å². The van der Waals surface area contributed by atoms with Crippen molar-refractivity contribution in [3.63, 3.8) is 0 Å². The second-order valence-corrected chi connectivity index (χ2v) is 3.62. The first-order valence-corrected chi connectivity index (χ1v) is 5.04. The van der Waals surface area contributed by atoms with Crippen molar-refractivity contribution >= 4 is 0 Å². The molecule has 1 aliphatic rings. The van der Waals surface area contributed by atoms with Gasteiger partial charge in [-0.1, -0.05) is 13.0 Å². The van der Waals surface area contributed by atoms with Gasteiger partial charge < -0.3 is 4.74 Å². The van der Waals surface area contributed by atoms with Crippen LogP contribution in [-0.4, -0.2) is 6.61 Å². The van der Waals surface area contributed by atoms with Gasteiger partial charge in [0.15, 0.2) is 0 Å². The molecule has 0 atom stereocenters. The van der Waals surface area contributed by atoms with Gasteiger partial charge in [-0.15, -0.1) is 0 Å². The summed E-state index contributed by atoms with van der Waals surface area (Å²) in [6.07, 6.45) is 3.74. The lowest BCUT2D eigenvalue weighted by atomic mass is 10.1. The van der Waals surface area contributed by atoms with Gasteiger partial charge >= 0.3 is 0 Å². The third-order valence-electron chi connectivity index (χ3n) is 2.31. The van der Waals surface area contributed by atoms with E-state index in [9.17, 15) is 0 Å². The Bertz CT molecular complexity index is 276. The van der Waals surface area contributed by atoms with Crippen LogP contribution in [0.15, 0.2) is 18.2 Å². The van der Waals surface area contributed by atoms with Crippen LogP contribution in [-0.2, 0) is 0 Å². The summed E-state index contributed by atoms with van der Waals surface area (Å²) in [6, 6.07) is 9.29. The lowest BCUT2D eigenvalue weighted by molar-refractivity contribution is 0.317. The normalized spacial score (nSPS) is 15.8. The summed E-state index contributed by atoms with van der Waals surface area (Å²) < 4.78 is 5.54. The average molecular weight is 175 g/mol. The van der Waals surface area contributed by atoms with E-state index in [1.165, 1.54) is 18.4 Å². The highest BCUT2D eigenvalue weighted by atomic mass is 16.5. The van der Waals surface area contributed by atoms with Gasteiger partial charge in [0.2, 0.25) is 0 Å². The molecule has 1 aliphatic carbocycles. The molecule has 0 bridgehead atoms. The van der Waals surface area contributed by atoms with Crippen molar-refractivity contribution in [1.82, 2.24) is 0 Å². The van der Waals surface area contributed by atoms with Crippen LogP contribution in [0.3, 0.4) is 0 Å². The zero-order valence-corrected chi connectivity index (χ0v) is 8.05. The molecule has 0 N–H and O–H groups in total. The molecule has 0 aromatic heterocycles. The summed E-state index contributed by atoms with van der Waals surface area (Å²) in [5, 5.41) is 0. The van der Waals surface area contributed by atoms with Gasteiger partial charge in [0.1, 0.15) is 5.75 Å². The van der Waals surface area contributed by atoms with Gasteiger partial charge in [-0.25, -0.2) is 0 Å². The molecule has 0 heterocycles. The second-order valence-electron chi connectivity index (χ2n) is 3.62. The molecule has 1 heteroatoms. The van der Waals surface area contributed by atoms with Crippen molar-refractivity contribution < 1.29 is 4.74 Å². The summed E-state index contributed by atoms with van der Waals surface area (Å²) in [6.45, 7) is 2.93. The Morgan fingerprint density at radius 2 is 2.31 bits per heavy atom. The largest absolute Gasteiger partial charge is 0.494 e.